The molecule has 0 radical (unpaired) electrons. The number of benzene rings is 1. The van der Waals surface area contributed by atoms with Gasteiger partial charge in [0.25, 0.3) is 10.0 Å². The molecule has 0 atom stereocenters. The van der Waals surface area contributed by atoms with Crippen molar-refractivity contribution in [1.29, 1.82) is 0 Å². The maximum Gasteiger partial charge on any atom is 0.264 e. The predicted molar refractivity (Wildman–Crippen MR) is 71.2 cm³/mol. The molecule has 0 spiro atoms. The Balaban J connectivity index is 2.40. The van der Waals surface area contributed by atoms with Gasteiger partial charge in [0.2, 0.25) is 0 Å². The predicted octanol–water partition coefficient (Wildman–Crippen LogP) is 2.98. The van der Waals surface area contributed by atoms with Crippen molar-refractivity contribution in [3.8, 4) is 0 Å². The van der Waals surface area contributed by atoms with Gasteiger partial charge in [0, 0.05) is 12.4 Å². The number of hydrogen-bond acceptors (Lipinski definition) is 3. The number of anilines is 1. The standard InChI is InChI=1S/C12H10ClFN2O2S/c1-8-6-9(14)2-3-11(8)16-19(17,18)12-7-15-5-4-10(12)13/h2-7,16H,1H3. The Kier molecular flexibility index (Phi) is 3.73. The SMILES string of the molecule is Cc1cc(F)ccc1NS(=O)(=O)c1cnccc1Cl. The first kappa shape index (κ1) is 13.8. The van der Waals surface area contributed by atoms with E-state index in [4.69, 9.17) is 11.6 Å². The molecule has 0 saturated carbocycles. The maximum atomic E-state index is 13.0. The fourth-order valence-electron chi connectivity index (χ4n) is 1.50. The number of rotatable bonds is 3. The number of aryl methyl sites for hydroxylation is 1. The summed E-state index contributed by atoms with van der Waals surface area (Å²) in [5, 5.41) is 0.0715. The van der Waals surface area contributed by atoms with Crippen LogP contribution in [0.25, 0.3) is 0 Å². The highest BCUT2D eigenvalue weighted by Gasteiger charge is 2.18. The Labute approximate surface area is 115 Å². The summed E-state index contributed by atoms with van der Waals surface area (Å²) in [6.45, 7) is 1.60. The first-order chi connectivity index (χ1) is 8.90. The monoisotopic (exact) mass is 300 g/mol. The lowest BCUT2D eigenvalue weighted by atomic mass is 10.2. The van der Waals surface area contributed by atoms with Crippen LogP contribution in [0.1, 0.15) is 5.56 Å². The third-order valence-corrected chi connectivity index (χ3v) is 4.29. The Bertz CT molecular complexity index is 719. The minimum atomic E-state index is -3.85. The average molecular weight is 301 g/mol. The van der Waals surface area contributed by atoms with Crippen molar-refractivity contribution in [2.24, 2.45) is 0 Å². The molecular formula is C12H10ClFN2O2S. The van der Waals surface area contributed by atoms with Gasteiger partial charge in [0.05, 0.1) is 10.7 Å². The van der Waals surface area contributed by atoms with Gasteiger partial charge >= 0.3 is 0 Å². The van der Waals surface area contributed by atoms with E-state index in [2.05, 4.69) is 9.71 Å². The smallest absolute Gasteiger partial charge is 0.264 e. The Morgan fingerprint density at radius 3 is 2.68 bits per heavy atom. The molecule has 4 nitrogen and oxygen atoms in total. The lowest BCUT2D eigenvalue weighted by Gasteiger charge is -2.11. The highest BCUT2D eigenvalue weighted by molar-refractivity contribution is 7.92. The fraction of sp³-hybridized carbons (Fsp3) is 0.0833. The molecule has 0 unspecified atom stereocenters. The fourth-order valence-corrected chi connectivity index (χ4v) is 3.06. The van der Waals surface area contributed by atoms with Crippen LogP contribution in [0.3, 0.4) is 0 Å². The van der Waals surface area contributed by atoms with Crippen molar-refractivity contribution in [1.82, 2.24) is 4.98 Å². The first-order valence-corrected chi connectivity index (χ1v) is 7.15. The molecule has 0 aliphatic rings. The van der Waals surface area contributed by atoms with E-state index in [0.717, 1.165) is 6.20 Å². The van der Waals surface area contributed by atoms with Crippen LogP contribution in [-0.2, 0) is 10.0 Å². The molecule has 1 heterocycles. The molecule has 0 amide bonds. The Morgan fingerprint density at radius 2 is 2.05 bits per heavy atom. The summed E-state index contributed by atoms with van der Waals surface area (Å²) in [6.07, 6.45) is 2.55. The van der Waals surface area contributed by atoms with Crippen molar-refractivity contribution in [3.05, 3.63) is 53.1 Å². The third kappa shape index (κ3) is 3.02. The summed E-state index contributed by atoms with van der Waals surface area (Å²) < 4.78 is 39.6. The quantitative estimate of drug-likeness (QED) is 0.948. The van der Waals surface area contributed by atoms with E-state index >= 15 is 0 Å². The number of halogens is 2. The van der Waals surface area contributed by atoms with Gasteiger partial charge in [0.1, 0.15) is 10.7 Å². The first-order valence-electron chi connectivity index (χ1n) is 5.28. The molecule has 1 N–H and O–H groups in total. The second-order valence-corrected chi connectivity index (χ2v) is 5.93. The molecule has 19 heavy (non-hydrogen) atoms. The summed E-state index contributed by atoms with van der Waals surface area (Å²) >= 11 is 5.82. The zero-order valence-electron chi connectivity index (χ0n) is 9.89. The van der Waals surface area contributed by atoms with Crippen LogP contribution in [0, 0.1) is 12.7 Å². The summed E-state index contributed by atoms with van der Waals surface area (Å²) in [7, 11) is -3.85. The van der Waals surface area contributed by atoms with Gasteiger partial charge < -0.3 is 0 Å². The van der Waals surface area contributed by atoms with Gasteiger partial charge in [-0.3, -0.25) is 9.71 Å². The molecule has 0 bridgehead atoms. The summed E-state index contributed by atoms with van der Waals surface area (Å²) in [4.78, 5) is 3.60. The Morgan fingerprint density at radius 1 is 1.32 bits per heavy atom. The number of nitrogens with one attached hydrogen (secondary N) is 1. The van der Waals surface area contributed by atoms with Crippen LogP contribution < -0.4 is 4.72 Å². The molecular weight excluding hydrogens is 291 g/mol. The molecule has 1 aromatic heterocycles. The topological polar surface area (TPSA) is 59.1 Å². The van der Waals surface area contributed by atoms with Gasteiger partial charge in [-0.05, 0) is 36.8 Å². The number of nitrogens with zero attached hydrogens (tertiary/aromatic N) is 1. The Hall–Kier alpha value is -1.66. The van der Waals surface area contributed by atoms with E-state index in [1.807, 2.05) is 0 Å². The van der Waals surface area contributed by atoms with E-state index in [1.165, 1.54) is 30.5 Å². The highest BCUT2D eigenvalue weighted by atomic mass is 35.5. The lowest BCUT2D eigenvalue weighted by Crippen LogP contribution is -2.14. The number of aromatic nitrogens is 1. The molecule has 2 aromatic rings. The zero-order valence-corrected chi connectivity index (χ0v) is 11.5. The van der Waals surface area contributed by atoms with Crippen LogP contribution in [0.15, 0.2) is 41.6 Å². The average Bonchev–Trinajstić information content (AvgIpc) is 2.33. The van der Waals surface area contributed by atoms with E-state index < -0.39 is 15.8 Å². The van der Waals surface area contributed by atoms with E-state index in [1.54, 1.807) is 6.92 Å². The third-order valence-electron chi connectivity index (χ3n) is 2.46. The van der Waals surface area contributed by atoms with Crippen molar-refractivity contribution < 1.29 is 12.8 Å². The van der Waals surface area contributed by atoms with Crippen LogP contribution in [0.5, 0.6) is 0 Å². The summed E-state index contributed by atoms with van der Waals surface area (Å²) in [6, 6.07) is 5.15. The molecule has 7 heteroatoms. The molecule has 1 aromatic carbocycles. The normalized spacial score (nSPS) is 11.3. The van der Waals surface area contributed by atoms with Gasteiger partial charge in [-0.15, -0.1) is 0 Å². The van der Waals surface area contributed by atoms with E-state index in [0.29, 0.717) is 11.3 Å². The largest absolute Gasteiger partial charge is 0.279 e. The van der Waals surface area contributed by atoms with Gasteiger partial charge in [-0.1, -0.05) is 11.6 Å². The van der Waals surface area contributed by atoms with E-state index in [9.17, 15) is 12.8 Å². The minimum absolute atomic E-state index is 0.0715. The van der Waals surface area contributed by atoms with Gasteiger partial charge in [-0.2, -0.15) is 0 Å². The van der Waals surface area contributed by atoms with Crippen LogP contribution in [-0.4, -0.2) is 13.4 Å². The number of sulfonamides is 1. The second-order valence-electron chi connectivity index (χ2n) is 3.87. The summed E-state index contributed by atoms with van der Waals surface area (Å²) in [5.41, 5.74) is 0.768. The van der Waals surface area contributed by atoms with Crippen LogP contribution in [0.2, 0.25) is 5.02 Å². The molecule has 0 saturated heterocycles. The number of pyridine rings is 1. The van der Waals surface area contributed by atoms with Crippen LogP contribution >= 0.6 is 11.6 Å². The molecule has 0 aliphatic heterocycles. The van der Waals surface area contributed by atoms with Gasteiger partial charge in [0.15, 0.2) is 0 Å². The van der Waals surface area contributed by atoms with E-state index in [-0.39, 0.29) is 9.92 Å². The second kappa shape index (κ2) is 5.14. The summed E-state index contributed by atoms with van der Waals surface area (Å²) in [5.74, 6) is -0.431. The molecule has 2 rings (SSSR count). The van der Waals surface area contributed by atoms with Crippen molar-refractivity contribution in [3.63, 3.8) is 0 Å². The number of hydrogen-bond donors (Lipinski definition) is 1. The van der Waals surface area contributed by atoms with Crippen molar-refractivity contribution in [2.75, 3.05) is 4.72 Å². The molecule has 0 fully saturated rings. The minimum Gasteiger partial charge on any atom is -0.279 e. The lowest BCUT2D eigenvalue weighted by molar-refractivity contribution is 0.600. The zero-order chi connectivity index (χ0) is 14.0. The molecule has 0 aliphatic carbocycles. The highest BCUT2D eigenvalue weighted by Crippen LogP contribution is 2.24. The van der Waals surface area contributed by atoms with Crippen molar-refractivity contribution in [2.45, 2.75) is 11.8 Å². The van der Waals surface area contributed by atoms with Crippen LogP contribution in [0.4, 0.5) is 10.1 Å². The maximum absolute atomic E-state index is 13.0. The van der Waals surface area contributed by atoms with Crippen molar-refractivity contribution >= 4 is 27.3 Å². The van der Waals surface area contributed by atoms with Gasteiger partial charge in [-0.25, -0.2) is 12.8 Å². The molecule has 100 valence electrons.